The van der Waals surface area contributed by atoms with Crippen molar-refractivity contribution in [2.75, 3.05) is 18.5 Å². The summed E-state index contributed by atoms with van der Waals surface area (Å²) in [7, 11) is 2.14. The maximum atomic E-state index is 6.29. The molecule has 0 unspecified atom stereocenters. The van der Waals surface area contributed by atoms with Gasteiger partial charge >= 0.3 is 0 Å². The minimum atomic E-state index is 0.859. The van der Waals surface area contributed by atoms with Crippen LogP contribution in [0.25, 0.3) is 0 Å². The van der Waals surface area contributed by atoms with Crippen molar-refractivity contribution < 1.29 is 0 Å². The Hall–Kier alpha value is -0.210. The molecule has 1 aliphatic rings. The minimum Gasteiger partial charge on any atom is -0.373 e. The second kappa shape index (κ2) is 5.42. The van der Waals surface area contributed by atoms with Crippen molar-refractivity contribution in [3.05, 3.63) is 28.8 Å². The third-order valence-corrected chi connectivity index (χ3v) is 4.26. The number of halogens is 2. The number of anilines is 1. The zero-order valence-electron chi connectivity index (χ0n) is 9.55. The lowest BCUT2D eigenvalue weighted by Crippen LogP contribution is -2.30. The molecule has 0 radical (unpaired) electrons. The maximum absolute atomic E-state index is 6.29. The number of hydrogen-bond donors (Lipinski definition) is 0. The highest BCUT2D eigenvalue weighted by Gasteiger charge is 2.21. The van der Waals surface area contributed by atoms with Gasteiger partial charge in [0.05, 0.1) is 10.7 Å². The Morgan fingerprint density at radius 3 is 2.75 bits per heavy atom. The molecule has 1 aliphatic carbocycles. The predicted octanol–water partition coefficient (Wildman–Crippen LogP) is 4.47. The van der Waals surface area contributed by atoms with E-state index in [0.29, 0.717) is 0 Å². The quantitative estimate of drug-likeness (QED) is 0.742. The molecule has 0 aromatic heterocycles. The number of benzene rings is 1. The molecule has 0 atom stereocenters. The Balaban J connectivity index is 2.16. The predicted molar refractivity (Wildman–Crippen MR) is 74.7 cm³/mol. The van der Waals surface area contributed by atoms with Gasteiger partial charge in [0.15, 0.2) is 0 Å². The second-order valence-electron chi connectivity index (χ2n) is 4.56. The number of nitrogens with zero attached hydrogens (tertiary/aromatic N) is 1. The second-order valence-corrected chi connectivity index (χ2v) is 5.53. The summed E-state index contributed by atoms with van der Waals surface area (Å²) in [6, 6.07) is 6.12. The molecule has 0 amide bonds. The molecule has 0 saturated heterocycles. The van der Waals surface area contributed by atoms with Crippen LogP contribution in [0.4, 0.5) is 5.69 Å². The fraction of sp³-hybridized carbons (Fsp3) is 0.538. The zero-order chi connectivity index (χ0) is 11.5. The number of rotatable bonds is 4. The summed E-state index contributed by atoms with van der Waals surface area (Å²) >= 11 is 9.81. The largest absolute Gasteiger partial charge is 0.373 e. The van der Waals surface area contributed by atoms with Crippen LogP contribution in [0.3, 0.4) is 0 Å². The molecule has 0 bridgehead atoms. The Morgan fingerprint density at radius 2 is 2.19 bits per heavy atom. The molecule has 0 spiro atoms. The average Bonchev–Trinajstić information content (AvgIpc) is 2.22. The maximum Gasteiger partial charge on any atom is 0.0642 e. The molecule has 1 nitrogen and oxygen atoms in total. The van der Waals surface area contributed by atoms with Crippen molar-refractivity contribution in [3.63, 3.8) is 0 Å². The lowest BCUT2D eigenvalue weighted by atomic mass is 9.85. The molecule has 1 aromatic carbocycles. The highest BCUT2D eigenvalue weighted by molar-refractivity contribution is 9.08. The summed E-state index contributed by atoms with van der Waals surface area (Å²) in [6.07, 6.45) is 4.14. The van der Waals surface area contributed by atoms with E-state index in [1.807, 2.05) is 12.1 Å². The van der Waals surface area contributed by atoms with Gasteiger partial charge in [-0.2, -0.15) is 0 Å². The van der Waals surface area contributed by atoms with Crippen molar-refractivity contribution in [1.29, 1.82) is 0 Å². The van der Waals surface area contributed by atoms with Crippen LogP contribution < -0.4 is 4.90 Å². The van der Waals surface area contributed by atoms with E-state index in [2.05, 4.69) is 33.9 Å². The van der Waals surface area contributed by atoms with E-state index >= 15 is 0 Å². The van der Waals surface area contributed by atoms with Crippen molar-refractivity contribution in [2.45, 2.75) is 24.6 Å². The SMILES string of the molecule is CN(CC1CCC1)c1c(Cl)cccc1CBr. The van der Waals surface area contributed by atoms with E-state index < -0.39 is 0 Å². The highest BCUT2D eigenvalue weighted by atomic mass is 79.9. The first-order chi connectivity index (χ1) is 7.72. The van der Waals surface area contributed by atoms with Gasteiger partial charge in [-0.25, -0.2) is 0 Å². The molecule has 0 N–H and O–H groups in total. The summed E-state index contributed by atoms with van der Waals surface area (Å²) in [4.78, 5) is 2.31. The summed E-state index contributed by atoms with van der Waals surface area (Å²) in [5.74, 6) is 0.865. The van der Waals surface area contributed by atoms with Crippen LogP contribution in [0.1, 0.15) is 24.8 Å². The van der Waals surface area contributed by atoms with Crippen molar-refractivity contribution >= 4 is 33.2 Å². The van der Waals surface area contributed by atoms with Gasteiger partial charge in [-0.3, -0.25) is 0 Å². The fourth-order valence-corrected chi connectivity index (χ4v) is 3.04. The molecule has 0 heterocycles. The van der Waals surface area contributed by atoms with Gasteiger partial charge in [0, 0.05) is 18.9 Å². The molecule has 1 fully saturated rings. The molecule has 0 aliphatic heterocycles. The third kappa shape index (κ3) is 2.54. The van der Waals surface area contributed by atoms with Crippen LogP contribution >= 0.6 is 27.5 Å². The molecular weight excluding hydrogens is 286 g/mol. The third-order valence-electron chi connectivity index (χ3n) is 3.35. The lowest BCUT2D eigenvalue weighted by molar-refractivity contribution is 0.321. The van der Waals surface area contributed by atoms with Gasteiger partial charge in [0.25, 0.3) is 0 Å². The summed E-state index contributed by atoms with van der Waals surface area (Å²) in [5.41, 5.74) is 2.46. The van der Waals surface area contributed by atoms with E-state index in [9.17, 15) is 0 Å². The van der Waals surface area contributed by atoms with Crippen LogP contribution in [0, 0.1) is 5.92 Å². The molecule has 88 valence electrons. The first kappa shape index (κ1) is 12.3. The number of para-hydroxylation sites is 1. The fourth-order valence-electron chi connectivity index (χ4n) is 2.25. The smallest absolute Gasteiger partial charge is 0.0642 e. The molecule has 2 rings (SSSR count). The number of hydrogen-bond acceptors (Lipinski definition) is 1. The normalized spacial score (nSPS) is 15.9. The number of alkyl halides is 1. The van der Waals surface area contributed by atoms with Crippen molar-refractivity contribution in [2.24, 2.45) is 5.92 Å². The monoisotopic (exact) mass is 301 g/mol. The van der Waals surface area contributed by atoms with E-state index in [1.54, 1.807) is 0 Å². The Morgan fingerprint density at radius 1 is 1.44 bits per heavy atom. The zero-order valence-corrected chi connectivity index (χ0v) is 11.9. The lowest BCUT2D eigenvalue weighted by Gasteiger charge is -2.32. The van der Waals surface area contributed by atoms with Gasteiger partial charge in [0.2, 0.25) is 0 Å². The van der Waals surface area contributed by atoms with Gasteiger partial charge in [-0.05, 0) is 30.4 Å². The van der Waals surface area contributed by atoms with Crippen molar-refractivity contribution in [3.8, 4) is 0 Å². The van der Waals surface area contributed by atoms with E-state index in [1.165, 1.54) is 30.5 Å². The summed E-state index contributed by atoms with van der Waals surface area (Å²) in [5, 5.41) is 1.72. The van der Waals surface area contributed by atoms with Crippen LogP contribution in [0.2, 0.25) is 5.02 Å². The van der Waals surface area contributed by atoms with Crippen LogP contribution in [-0.2, 0) is 5.33 Å². The molecule has 3 heteroatoms. The average molecular weight is 303 g/mol. The summed E-state index contributed by atoms with van der Waals surface area (Å²) < 4.78 is 0. The van der Waals surface area contributed by atoms with Crippen LogP contribution in [-0.4, -0.2) is 13.6 Å². The first-order valence-corrected chi connectivity index (χ1v) is 7.27. The first-order valence-electron chi connectivity index (χ1n) is 5.77. The molecule has 1 aromatic rings. The van der Waals surface area contributed by atoms with E-state index in [0.717, 1.165) is 22.8 Å². The van der Waals surface area contributed by atoms with Crippen LogP contribution in [0.15, 0.2) is 18.2 Å². The van der Waals surface area contributed by atoms with Crippen LogP contribution in [0.5, 0.6) is 0 Å². The Labute approximate surface area is 111 Å². The van der Waals surface area contributed by atoms with Gasteiger partial charge < -0.3 is 4.90 Å². The van der Waals surface area contributed by atoms with Gasteiger partial charge in [-0.15, -0.1) is 0 Å². The minimum absolute atomic E-state index is 0.859. The standard InChI is InChI=1S/C13H17BrClN/c1-16(9-10-4-2-5-10)13-11(8-14)6-3-7-12(13)15/h3,6-7,10H,2,4-5,8-9H2,1H3. The molecule has 1 saturated carbocycles. The topological polar surface area (TPSA) is 3.24 Å². The molecule has 16 heavy (non-hydrogen) atoms. The Bertz CT molecular complexity index is 363. The highest BCUT2D eigenvalue weighted by Crippen LogP contribution is 2.34. The van der Waals surface area contributed by atoms with Gasteiger partial charge in [-0.1, -0.05) is 46.1 Å². The van der Waals surface area contributed by atoms with Crippen molar-refractivity contribution in [1.82, 2.24) is 0 Å². The Kier molecular flexibility index (Phi) is 4.15. The van der Waals surface area contributed by atoms with Gasteiger partial charge in [0.1, 0.15) is 0 Å². The van der Waals surface area contributed by atoms with E-state index in [-0.39, 0.29) is 0 Å². The molecular formula is C13H17BrClN. The summed E-state index contributed by atoms with van der Waals surface area (Å²) in [6.45, 7) is 1.13. The van der Waals surface area contributed by atoms with E-state index in [4.69, 9.17) is 11.6 Å².